The Balaban J connectivity index is 1.55. The first-order valence-electron chi connectivity index (χ1n) is 10.2. The van der Waals surface area contributed by atoms with Gasteiger partial charge >= 0.3 is 0 Å². The van der Waals surface area contributed by atoms with Gasteiger partial charge in [-0.15, -0.1) is 5.10 Å². The van der Waals surface area contributed by atoms with Crippen molar-refractivity contribution in [2.24, 2.45) is 0 Å². The molecule has 0 bridgehead atoms. The standard InChI is InChI=1S/C22H26ClN5/c23-21-14-8-7-11-19(21)16-27(15-18-9-3-1-4-10-18)17-22-24-25-26-28(22)20-12-5-2-6-13-20/h1,3-4,7-11,14,20H,2,5-6,12-13,15-17H2/p+1. The van der Waals surface area contributed by atoms with Gasteiger partial charge in [0, 0.05) is 16.1 Å². The zero-order valence-electron chi connectivity index (χ0n) is 16.1. The first-order valence-corrected chi connectivity index (χ1v) is 10.5. The summed E-state index contributed by atoms with van der Waals surface area (Å²) in [5, 5.41) is 13.6. The third-order valence-electron chi connectivity index (χ3n) is 5.58. The van der Waals surface area contributed by atoms with Crippen LogP contribution in [-0.4, -0.2) is 20.2 Å². The van der Waals surface area contributed by atoms with Crippen LogP contribution in [0.5, 0.6) is 0 Å². The van der Waals surface area contributed by atoms with E-state index in [0.29, 0.717) is 6.04 Å². The molecule has 3 aromatic rings. The number of hydrogen-bond acceptors (Lipinski definition) is 3. The van der Waals surface area contributed by atoms with Crippen molar-refractivity contribution in [3.63, 3.8) is 0 Å². The molecule has 2 aromatic carbocycles. The highest BCUT2D eigenvalue weighted by molar-refractivity contribution is 6.31. The third-order valence-corrected chi connectivity index (χ3v) is 5.95. The molecular formula is C22H27ClN5+. The van der Waals surface area contributed by atoms with Crippen LogP contribution in [0.2, 0.25) is 5.02 Å². The lowest BCUT2D eigenvalue weighted by molar-refractivity contribution is -0.941. The molecule has 1 aromatic heterocycles. The summed E-state index contributed by atoms with van der Waals surface area (Å²) >= 11 is 6.45. The van der Waals surface area contributed by atoms with Crippen molar-refractivity contribution in [1.29, 1.82) is 0 Å². The Labute approximate surface area is 171 Å². The number of hydrogen-bond donors (Lipinski definition) is 1. The second-order valence-electron chi connectivity index (χ2n) is 7.69. The Morgan fingerprint density at radius 2 is 1.64 bits per heavy atom. The first-order chi connectivity index (χ1) is 13.8. The van der Waals surface area contributed by atoms with Crippen LogP contribution in [0.1, 0.15) is 55.1 Å². The van der Waals surface area contributed by atoms with Gasteiger partial charge in [-0.2, -0.15) is 0 Å². The number of benzene rings is 2. The predicted octanol–water partition coefficient (Wildman–Crippen LogP) is 3.62. The van der Waals surface area contributed by atoms with Crippen molar-refractivity contribution in [3.05, 3.63) is 76.6 Å². The molecule has 1 heterocycles. The quantitative estimate of drug-likeness (QED) is 0.663. The molecular weight excluding hydrogens is 370 g/mol. The van der Waals surface area contributed by atoms with Gasteiger partial charge in [-0.05, 0) is 29.3 Å². The van der Waals surface area contributed by atoms with E-state index >= 15 is 0 Å². The maximum absolute atomic E-state index is 6.45. The Bertz CT molecular complexity index is 873. The Kier molecular flexibility index (Phi) is 6.34. The third kappa shape index (κ3) is 4.78. The summed E-state index contributed by atoms with van der Waals surface area (Å²) in [5.41, 5.74) is 2.47. The summed E-state index contributed by atoms with van der Waals surface area (Å²) in [4.78, 5) is 1.38. The van der Waals surface area contributed by atoms with Gasteiger partial charge in [-0.25, -0.2) is 4.68 Å². The van der Waals surface area contributed by atoms with Crippen LogP contribution in [0.15, 0.2) is 54.6 Å². The number of aromatic nitrogens is 4. The Hall–Kier alpha value is -2.24. The van der Waals surface area contributed by atoms with Gasteiger partial charge in [-0.3, -0.25) is 0 Å². The molecule has 1 N–H and O–H groups in total. The lowest BCUT2D eigenvalue weighted by Gasteiger charge is -2.24. The summed E-state index contributed by atoms with van der Waals surface area (Å²) in [5.74, 6) is 0.977. The van der Waals surface area contributed by atoms with Gasteiger partial charge in [0.25, 0.3) is 0 Å². The Morgan fingerprint density at radius 3 is 2.43 bits per heavy atom. The van der Waals surface area contributed by atoms with Crippen molar-refractivity contribution in [2.45, 2.75) is 57.8 Å². The molecule has 0 spiro atoms. The summed E-state index contributed by atoms with van der Waals surface area (Å²) in [6.45, 7) is 2.53. The van der Waals surface area contributed by atoms with E-state index in [1.807, 2.05) is 18.2 Å². The molecule has 0 amide bonds. The molecule has 1 atom stereocenters. The minimum Gasteiger partial charge on any atom is -0.321 e. The number of nitrogens with zero attached hydrogens (tertiary/aromatic N) is 4. The minimum absolute atomic E-state index is 0.442. The normalized spacial score (nSPS) is 16.2. The van der Waals surface area contributed by atoms with E-state index in [9.17, 15) is 0 Å². The van der Waals surface area contributed by atoms with Gasteiger partial charge in [-0.1, -0.05) is 79.4 Å². The largest absolute Gasteiger partial charge is 0.321 e. The Morgan fingerprint density at radius 1 is 0.893 bits per heavy atom. The molecule has 0 radical (unpaired) electrons. The van der Waals surface area contributed by atoms with Gasteiger partial charge in [0.15, 0.2) is 0 Å². The van der Waals surface area contributed by atoms with Crippen molar-refractivity contribution < 1.29 is 4.90 Å². The molecule has 0 aliphatic heterocycles. The fourth-order valence-electron chi connectivity index (χ4n) is 4.14. The lowest BCUT2D eigenvalue weighted by atomic mass is 9.95. The topological polar surface area (TPSA) is 48.0 Å². The van der Waals surface area contributed by atoms with Crippen molar-refractivity contribution in [2.75, 3.05) is 0 Å². The van der Waals surface area contributed by atoms with Crippen molar-refractivity contribution in [1.82, 2.24) is 20.2 Å². The number of halogens is 1. The van der Waals surface area contributed by atoms with Gasteiger partial charge < -0.3 is 4.90 Å². The van der Waals surface area contributed by atoms with E-state index in [1.54, 1.807) is 0 Å². The van der Waals surface area contributed by atoms with Crippen LogP contribution < -0.4 is 4.90 Å². The van der Waals surface area contributed by atoms with Crippen LogP contribution >= 0.6 is 11.6 Å². The minimum atomic E-state index is 0.442. The van der Waals surface area contributed by atoms with E-state index < -0.39 is 0 Å². The molecule has 1 unspecified atom stereocenters. The summed E-state index contributed by atoms with van der Waals surface area (Å²) in [6, 6.07) is 19.1. The zero-order valence-corrected chi connectivity index (χ0v) is 16.9. The first kappa shape index (κ1) is 19.1. The van der Waals surface area contributed by atoms with E-state index in [4.69, 9.17) is 11.6 Å². The maximum atomic E-state index is 6.45. The van der Waals surface area contributed by atoms with Crippen molar-refractivity contribution >= 4 is 11.6 Å². The molecule has 1 saturated carbocycles. The van der Waals surface area contributed by atoms with E-state index in [0.717, 1.165) is 36.0 Å². The predicted molar refractivity (Wildman–Crippen MR) is 110 cm³/mol. The molecule has 4 rings (SSSR count). The highest BCUT2D eigenvalue weighted by atomic mass is 35.5. The summed E-state index contributed by atoms with van der Waals surface area (Å²) in [6.07, 6.45) is 6.22. The van der Waals surface area contributed by atoms with Crippen molar-refractivity contribution in [3.8, 4) is 0 Å². The molecule has 146 valence electrons. The monoisotopic (exact) mass is 396 g/mol. The van der Waals surface area contributed by atoms with Gasteiger partial charge in [0.1, 0.15) is 19.6 Å². The summed E-state index contributed by atoms with van der Waals surface area (Å²) in [7, 11) is 0. The lowest BCUT2D eigenvalue weighted by Crippen LogP contribution is -3.08. The van der Waals surface area contributed by atoms with Crippen LogP contribution in [0, 0.1) is 0 Å². The number of rotatable bonds is 7. The number of quaternary nitrogens is 1. The van der Waals surface area contributed by atoms with Gasteiger partial charge in [0.05, 0.1) is 6.04 Å². The van der Waals surface area contributed by atoms with Crippen LogP contribution in [0.4, 0.5) is 0 Å². The second kappa shape index (κ2) is 9.30. The molecule has 0 saturated heterocycles. The van der Waals surface area contributed by atoms with E-state index in [1.165, 1.54) is 42.6 Å². The SMILES string of the molecule is Clc1ccccc1C[NH+](Cc1ccccc1)Cc1nnnn1C1CCCCC1. The van der Waals surface area contributed by atoms with E-state index in [-0.39, 0.29) is 0 Å². The molecule has 1 fully saturated rings. The molecule has 5 nitrogen and oxygen atoms in total. The van der Waals surface area contributed by atoms with Crippen LogP contribution in [0.25, 0.3) is 0 Å². The molecule has 28 heavy (non-hydrogen) atoms. The molecule has 1 aliphatic carbocycles. The second-order valence-corrected chi connectivity index (χ2v) is 8.10. The fourth-order valence-corrected chi connectivity index (χ4v) is 4.35. The van der Waals surface area contributed by atoms with E-state index in [2.05, 4.69) is 56.6 Å². The highest BCUT2D eigenvalue weighted by Gasteiger charge is 2.23. The average molecular weight is 397 g/mol. The van der Waals surface area contributed by atoms with Crippen LogP contribution in [-0.2, 0) is 19.6 Å². The fraction of sp³-hybridized carbons (Fsp3) is 0.409. The molecule has 1 aliphatic rings. The highest BCUT2D eigenvalue weighted by Crippen LogP contribution is 2.27. The smallest absolute Gasteiger partial charge is 0.206 e. The molecule has 6 heteroatoms. The maximum Gasteiger partial charge on any atom is 0.206 e. The zero-order chi connectivity index (χ0) is 19.2. The number of nitrogens with one attached hydrogen (secondary N) is 1. The van der Waals surface area contributed by atoms with Gasteiger partial charge in [0.2, 0.25) is 5.82 Å². The summed E-state index contributed by atoms with van der Waals surface area (Å²) < 4.78 is 2.08. The van der Waals surface area contributed by atoms with Crippen LogP contribution in [0.3, 0.4) is 0 Å². The number of tetrazole rings is 1. The average Bonchev–Trinajstić information content (AvgIpc) is 3.19.